The van der Waals surface area contributed by atoms with Gasteiger partial charge in [-0.2, -0.15) is 0 Å². The van der Waals surface area contributed by atoms with Gasteiger partial charge in [0.05, 0.1) is 18.5 Å². The first-order valence-corrected chi connectivity index (χ1v) is 4.69. The molecular weight excluding hydrogens is 212 g/mol. The van der Waals surface area contributed by atoms with Crippen molar-refractivity contribution in [3.8, 4) is 0 Å². The molecule has 0 bridgehead atoms. The average molecular weight is 224 g/mol. The molecule has 1 aromatic rings. The minimum Gasteiger partial charge on any atom is -0.469 e. The lowest BCUT2D eigenvalue weighted by molar-refractivity contribution is -0.384. The first kappa shape index (κ1) is 12.0. The van der Waals surface area contributed by atoms with Crippen molar-refractivity contribution in [1.29, 1.82) is 0 Å². The number of hydrogen-bond donors (Lipinski definition) is 1. The van der Waals surface area contributed by atoms with E-state index in [-0.39, 0.29) is 18.1 Å². The van der Waals surface area contributed by atoms with Crippen molar-refractivity contribution in [3.63, 3.8) is 0 Å². The van der Waals surface area contributed by atoms with Crippen LogP contribution in [0.4, 0.5) is 11.4 Å². The largest absolute Gasteiger partial charge is 0.469 e. The first-order chi connectivity index (χ1) is 7.65. The Hall–Kier alpha value is -2.11. The number of carbonyl (C=O) groups excluding carboxylic acids is 1. The summed E-state index contributed by atoms with van der Waals surface area (Å²) < 4.78 is 4.45. The van der Waals surface area contributed by atoms with Crippen LogP contribution in [0.1, 0.15) is 6.42 Å². The Morgan fingerprint density at radius 2 is 2.19 bits per heavy atom. The molecular formula is C10H12N2O4. The third-order valence-corrected chi connectivity index (χ3v) is 1.97. The zero-order valence-electron chi connectivity index (χ0n) is 8.80. The fourth-order valence-corrected chi connectivity index (χ4v) is 1.18. The van der Waals surface area contributed by atoms with Crippen LogP contribution < -0.4 is 5.32 Å². The number of nitrogens with one attached hydrogen (secondary N) is 1. The topological polar surface area (TPSA) is 81.5 Å². The van der Waals surface area contributed by atoms with E-state index in [1.54, 1.807) is 18.2 Å². The number of rotatable bonds is 5. The van der Waals surface area contributed by atoms with Gasteiger partial charge in [0, 0.05) is 12.6 Å². The summed E-state index contributed by atoms with van der Waals surface area (Å²) in [6.45, 7) is 0.303. The molecule has 0 saturated carbocycles. The van der Waals surface area contributed by atoms with Crippen LogP contribution in [0, 0.1) is 10.1 Å². The van der Waals surface area contributed by atoms with Gasteiger partial charge in [-0.3, -0.25) is 14.9 Å². The Balaban J connectivity index is 2.60. The van der Waals surface area contributed by atoms with E-state index in [9.17, 15) is 14.9 Å². The lowest BCUT2D eigenvalue weighted by Gasteiger charge is -2.05. The second-order valence-corrected chi connectivity index (χ2v) is 3.03. The zero-order chi connectivity index (χ0) is 12.0. The Bertz CT molecular complexity index is 392. The molecule has 6 nitrogen and oxygen atoms in total. The van der Waals surface area contributed by atoms with Gasteiger partial charge in [0.25, 0.3) is 5.69 Å². The summed E-state index contributed by atoms with van der Waals surface area (Å²) in [7, 11) is 1.30. The van der Waals surface area contributed by atoms with Crippen LogP contribution in [0.3, 0.4) is 0 Å². The highest BCUT2D eigenvalue weighted by Gasteiger charge is 2.11. The molecule has 0 spiro atoms. The normalized spacial score (nSPS) is 9.56. The second-order valence-electron chi connectivity index (χ2n) is 3.03. The predicted octanol–water partition coefficient (Wildman–Crippen LogP) is 1.57. The number of nitro groups is 1. The maximum Gasteiger partial charge on any atom is 0.307 e. The molecule has 0 amide bonds. The number of anilines is 1. The smallest absolute Gasteiger partial charge is 0.307 e. The van der Waals surface area contributed by atoms with Gasteiger partial charge in [0.2, 0.25) is 0 Å². The fraction of sp³-hybridized carbons (Fsp3) is 0.300. The predicted molar refractivity (Wildman–Crippen MR) is 58.2 cm³/mol. The van der Waals surface area contributed by atoms with Crippen molar-refractivity contribution in [1.82, 2.24) is 0 Å². The van der Waals surface area contributed by atoms with Crippen molar-refractivity contribution in [2.24, 2.45) is 0 Å². The highest BCUT2D eigenvalue weighted by molar-refractivity contribution is 5.70. The van der Waals surface area contributed by atoms with E-state index in [0.717, 1.165) is 0 Å². The molecule has 1 rings (SSSR count). The molecule has 0 radical (unpaired) electrons. The number of hydrogen-bond acceptors (Lipinski definition) is 5. The summed E-state index contributed by atoms with van der Waals surface area (Å²) in [5, 5.41) is 13.5. The van der Waals surface area contributed by atoms with Crippen LogP contribution >= 0.6 is 0 Å². The minimum atomic E-state index is -0.472. The molecule has 6 heteroatoms. The Morgan fingerprint density at radius 3 is 2.81 bits per heavy atom. The number of carbonyl (C=O) groups is 1. The Morgan fingerprint density at radius 1 is 1.50 bits per heavy atom. The van der Waals surface area contributed by atoms with Crippen LogP contribution in [0.25, 0.3) is 0 Å². The summed E-state index contributed by atoms with van der Waals surface area (Å²) >= 11 is 0. The van der Waals surface area contributed by atoms with Gasteiger partial charge >= 0.3 is 5.97 Å². The molecule has 0 heterocycles. The van der Waals surface area contributed by atoms with Crippen molar-refractivity contribution < 1.29 is 14.5 Å². The van der Waals surface area contributed by atoms with Crippen molar-refractivity contribution >= 4 is 17.3 Å². The van der Waals surface area contributed by atoms with E-state index in [0.29, 0.717) is 12.2 Å². The second kappa shape index (κ2) is 5.69. The number of nitro benzene ring substituents is 1. The molecule has 0 atom stereocenters. The first-order valence-electron chi connectivity index (χ1n) is 4.69. The molecule has 0 aliphatic heterocycles. The average Bonchev–Trinajstić information content (AvgIpc) is 2.29. The molecule has 16 heavy (non-hydrogen) atoms. The SMILES string of the molecule is COC(=O)CCNc1ccccc1[N+](=O)[O-]. The van der Waals surface area contributed by atoms with Crippen LogP contribution in [-0.2, 0) is 9.53 Å². The van der Waals surface area contributed by atoms with E-state index >= 15 is 0 Å². The Kier molecular flexibility index (Phi) is 4.26. The van der Waals surface area contributed by atoms with Crippen LogP contribution in [0.2, 0.25) is 0 Å². The summed E-state index contributed by atoms with van der Waals surface area (Å²) in [4.78, 5) is 21.0. The van der Waals surface area contributed by atoms with Crippen LogP contribution in [0.5, 0.6) is 0 Å². The van der Waals surface area contributed by atoms with Gasteiger partial charge in [-0.25, -0.2) is 0 Å². The highest BCUT2D eigenvalue weighted by Crippen LogP contribution is 2.22. The van der Waals surface area contributed by atoms with Gasteiger partial charge in [-0.15, -0.1) is 0 Å². The fourth-order valence-electron chi connectivity index (χ4n) is 1.18. The highest BCUT2D eigenvalue weighted by atomic mass is 16.6. The maximum atomic E-state index is 10.8. The zero-order valence-corrected chi connectivity index (χ0v) is 8.80. The van der Waals surface area contributed by atoms with Gasteiger partial charge in [0.1, 0.15) is 5.69 Å². The van der Waals surface area contributed by atoms with Gasteiger partial charge in [-0.05, 0) is 6.07 Å². The number of ether oxygens (including phenoxy) is 1. The van der Waals surface area contributed by atoms with Gasteiger partial charge in [0.15, 0.2) is 0 Å². The van der Waals surface area contributed by atoms with Gasteiger partial charge in [-0.1, -0.05) is 12.1 Å². The molecule has 86 valence electrons. The standard InChI is InChI=1S/C10H12N2O4/c1-16-10(13)6-7-11-8-4-2-3-5-9(8)12(14)15/h2-5,11H,6-7H2,1H3. The summed E-state index contributed by atoms with van der Waals surface area (Å²) in [5.74, 6) is -0.355. The summed E-state index contributed by atoms with van der Waals surface area (Å²) in [5.41, 5.74) is 0.392. The molecule has 0 saturated heterocycles. The quantitative estimate of drug-likeness (QED) is 0.466. The Labute approximate surface area is 92.4 Å². The third kappa shape index (κ3) is 3.23. The maximum absolute atomic E-state index is 10.8. The molecule has 0 aliphatic rings. The van der Waals surface area contributed by atoms with Crippen molar-refractivity contribution in [2.75, 3.05) is 19.0 Å². The molecule has 1 N–H and O–H groups in total. The van der Waals surface area contributed by atoms with E-state index < -0.39 is 4.92 Å². The molecule has 1 aromatic carbocycles. The van der Waals surface area contributed by atoms with Crippen molar-refractivity contribution in [2.45, 2.75) is 6.42 Å². The molecule has 0 aromatic heterocycles. The van der Waals surface area contributed by atoms with Crippen molar-refractivity contribution in [3.05, 3.63) is 34.4 Å². The number of esters is 1. The number of methoxy groups -OCH3 is 1. The molecule has 0 fully saturated rings. The van der Waals surface area contributed by atoms with E-state index in [1.807, 2.05) is 0 Å². The van der Waals surface area contributed by atoms with E-state index in [1.165, 1.54) is 13.2 Å². The number of para-hydroxylation sites is 2. The molecule has 0 aliphatic carbocycles. The monoisotopic (exact) mass is 224 g/mol. The minimum absolute atomic E-state index is 0.00707. The number of nitrogens with zero attached hydrogens (tertiary/aromatic N) is 1. The van der Waals surface area contributed by atoms with Crippen LogP contribution in [0.15, 0.2) is 24.3 Å². The number of benzene rings is 1. The van der Waals surface area contributed by atoms with Crippen LogP contribution in [-0.4, -0.2) is 24.5 Å². The van der Waals surface area contributed by atoms with E-state index in [2.05, 4.69) is 10.1 Å². The summed E-state index contributed by atoms with van der Waals surface area (Å²) in [6, 6.07) is 6.27. The molecule has 0 unspecified atom stereocenters. The van der Waals surface area contributed by atoms with E-state index in [4.69, 9.17) is 0 Å². The summed E-state index contributed by atoms with van der Waals surface area (Å²) in [6.07, 6.45) is 0.169. The lowest BCUT2D eigenvalue weighted by Crippen LogP contribution is -2.10. The third-order valence-electron chi connectivity index (χ3n) is 1.97. The lowest BCUT2D eigenvalue weighted by atomic mass is 10.2. The van der Waals surface area contributed by atoms with Gasteiger partial charge < -0.3 is 10.1 Å².